The second kappa shape index (κ2) is 7.45. The Hall–Kier alpha value is -2.09. The van der Waals surface area contributed by atoms with E-state index in [0.717, 1.165) is 24.0 Å². The van der Waals surface area contributed by atoms with Crippen LogP contribution >= 0.6 is 0 Å². The standard InChI is InChI=1S/C21H25NO/c1-16(17-10-4-2-5-11-17)22-21(23)20(19-14-8-9-15-19)18-12-6-3-7-13-18/h2-7,10-13,16,19-20H,8-9,14-15H2,1H3,(H,22,23)/t16-,20+/m0/s1. The van der Waals surface area contributed by atoms with Gasteiger partial charge in [0.1, 0.15) is 0 Å². The number of rotatable bonds is 5. The van der Waals surface area contributed by atoms with E-state index >= 15 is 0 Å². The van der Waals surface area contributed by atoms with Gasteiger partial charge in [-0.1, -0.05) is 73.5 Å². The van der Waals surface area contributed by atoms with Crippen LogP contribution in [0.5, 0.6) is 0 Å². The summed E-state index contributed by atoms with van der Waals surface area (Å²) in [6.07, 6.45) is 4.81. The van der Waals surface area contributed by atoms with Gasteiger partial charge in [0.25, 0.3) is 0 Å². The monoisotopic (exact) mass is 307 g/mol. The van der Waals surface area contributed by atoms with E-state index in [0.29, 0.717) is 5.92 Å². The molecule has 0 aromatic heterocycles. The van der Waals surface area contributed by atoms with Gasteiger partial charge in [-0.2, -0.15) is 0 Å². The molecule has 0 saturated heterocycles. The van der Waals surface area contributed by atoms with Crippen LogP contribution in [0.3, 0.4) is 0 Å². The van der Waals surface area contributed by atoms with E-state index in [2.05, 4.69) is 36.5 Å². The van der Waals surface area contributed by atoms with E-state index in [4.69, 9.17) is 0 Å². The first-order valence-corrected chi connectivity index (χ1v) is 8.66. The van der Waals surface area contributed by atoms with Gasteiger partial charge in [0, 0.05) is 0 Å². The zero-order chi connectivity index (χ0) is 16.1. The molecule has 2 aromatic rings. The van der Waals surface area contributed by atoms with Crippen molar-refractivity contribution >= 4 is 5.91 Å². The molecule has 2 atom stereocenters. The maximum Gasteiger partial charge on any atom is 0.228 e. The zero-order valence-electron chi connectivity index (χ0n) is 13.7. The highest BCUT2D eigenvalue weighted by Gasteiger charge is 2.32. The minimum Gasteiger partial charge on any atom is -0.349 e. The molecule has 1 aliphatic carbocycles. The summed E-state index contributed by atoms with van der Waals surface area (Å²) in [6.45, 7) is 2.06. The van der Waals surface area contributed by atoms with Crippen molar-refractivity contribution < 1.29 is 4.79 Å². The molecule has 2 nitrogen and oxygen atoms in total. The summed E-state index contributed by atoms with van der Waals surface area (Å²) in [5, 5.41) is 3.23. The molecule has 1 amide bonds. The maximum absolute atomic E-state index is 13.0. The van der Waals surface area contributed by atoms with E-state index < -0.39 is 0 Å². The fraction of sp³-hybridized carbons (Fsp3) is 0.381. The fourth-order valence-corrected chi connectivity index (χ4v) is 3.72. The molecule has 3 rings (SSSR count). The number of amides is 1. The Morgan fingerprint density at radius 3 is 2.00 bits per heavy atom. The van der Waals surface area contributed by atoms with E-state index in [-0.39, 0.29) is 17.9 Å². The fourth-order valence-electron chi connectivity index (χ4n) is 3.72. The minimum atomic E-state index is -0.0233. The zero-order valence-corrected chi connectivity index (χ0v) is 13.7. The minimum absolute atomic E-state index is 0.0233. The summed E-state index contributed by atoms with van der Waals surface area (Å²) in [5.74, 6) is 0.615. The van der Waals surface area contributed by atoms with Gasteiger partial charge < -0.3 is 5.32 Å². The number of carbonyl (C=O) groups is 1. The lowest BCUT2D eigenvalue weighted by molar-refractivity contribution is -0.124. The normalized spacial score (nSPS) is 17.6. The Bertz CT molecular complexity index is 617. The van der Waals surface area contributed by atoms with Crippen LogP contribution in [0.15, 0.2) is 60.7 Å². The molecule has 120 valence electrons. The Labute approximate surface area is 138 Å². The van der Waals surface area contributed by atoms with E-state index in [1.807, 2.05) is 36.4 Å². The SMILES string of the molecule is C[C@H](NC(=O)[C@H](c1ccccc1)C1CCCC1)c1ccccc1. The third kappa shape index (κ3) is 3.82. The molecule has 1 aliphatic rings. The molecular weight excluding hydrogens is 282 g/mol. The first-order valence-electron chi connectivity index (χ1n) is 8.66. The number of benzene rings is 2. The van der Waals surface area contributed by atoms with Crippen molar-refractivity contribution in [3.05, 3.63) is 71.8 Å². The van der Waals surface area contributed by atoms with E-state index in [1.54, 1.807) is 0 Å². The molecule has 1 saturated carbocycles. The summed E-state index contributed by atoms with van der Waals surface area (Å²) in [7, 11) is 0. The Morgan fingerprint density at radius 2 is 1.43 bits per heavy atom. The van der Waals surface area contributed by atoms with Crippen LogP contribution < -0.4 is 5.32 Å². The molecule has 1 fully saturated rings. The molecule has 0 heterocycles. The van der Waals surface area contributed by atoms with Gasteiger partial charge >= 0.3 is 0 Å². The Morgan fingerprint density at radius 1 is 0.913 bits per heavy atom. The average molecular weight is 307 g/mol. The molecule has 0 spiro atoms. The summed E-state index contributed by atoms with van der Waals surface area (Å²) in [6, 6.07) is 20.5. The maximum atomic E-state index is 13.0. The largest absolute Gasteiger partial charge is 0.349 e. The Balaban J connectivity index is 1.78. The lowest BCUT2D eigenvalue weighted by atomic mass is 9.84. The second-order valence-electron chi connectivity index (χ2n) is 6.57. The van der Waals surface area contributed by atoms with Crippen LogP contribution in [0.25, 0.3) is 0 Å². The molecule has 23 heavy (non-hydrogen) atoms. The van der Waals surface area contributed by atoms with Gasteiger partial charge in [-0.3, -0.25) is 4.79 Å². The topological polar surface area (TPSA) is 29.1 Å². The first-order chi connectivity index (χ1) is 11.3. The highest BCUT2D eigenvalue weighted by Crippen LogP contribution is 2.37. The number of carbonyl (C=O) groups excluding carboxylic acids is 1. The predicted molar refractivity (Wildman–Crippen MR) is 94.1 cm³/mol. The van der Waals surface area contributed by atoms with Crippen LogP contribution in [0, 0.1) is 5.92 Å². The van der Waals surface area contributed by atoms with Crippen LogP contribution in [0.1, 0.15) is 55.7 Å². The molecule has 2 aromatic carbocycles. The van der Waals surface area contributed by atoms with Gasteiger partial charge in [0.05, 0.1) is 12.0 Å². The van der Waals surface area contributed by atoms with Crippen LogP contribution in [-0.4, -0.2) is 5.91 Å². The molecule has 0 unspecified atom stereocenters. The quantitative estimate of drug-likeness (QED) is 0.841. The highest BCUT2D eigenvalue weighted by molar-refractivity contribution is 5.84. The van der Waals surface area contributed by atoms with Gasteiger partial charge in [0.2, 0.25) is 5.91 Å². The van der Waals surface area contributed by atoms with Crippen molar-refractivity contribution in [2.45, 2.75) is 44.6 Å². The van der Waals surface area contributed by atoms with Crippen molar-refractivity contribution in [2.75, 3.05) is 0 Å². The second-order valence-corrected chi connectivity index (χ2v) is 6.57. The summed E-state index contributed by atoms with van der Waals surface area (Å²) < 4.78 is 0. The lowest BCUT2D eigenvalue weighted by Gasteiger charge is -2.25. The van der Waals surface area contributed by atoms with E-state index in [9.17, 15) is 4.79 Å². The van der Waals surface area contributed by atoms with Crippen molar-refractivity contribution in [2.24, 2.45) is 5.92 Å². The lowest BCUT2D eigenvalue weighted by Crippen LogP contribution is -2.34. The van der Waals surface area contributed by atoms with Crippen molar-refractivity contribution in [1.29, 1.82) is 0 Å². The third-order valence-corrected chi connectivity index (χ3v) is 4.97. The first kappa shape index (κ1) is 15.8. The molecule has 1 N–H and O–H groups in total. The summed E-state index contributed by atoms with van der Waals surface area (Å²) in [4.78, 5) is 13.0. The summed E-state index contributed by atoms with van der Waals surface area (Å²) in [5.41, 5.74) is 2.30. The molecule has 2 heteroatoms. The molecular formula is C21H25NO. The number of hydrogen-bond acceptors (Lipinski definition) is 1. The summed E-state index contributed by atoms with van der Waals surface area (Å²) >= 11 is 0. The van der Waals surface area contributed by atoms with Crippen molar-refractivity contribution in [1.82, 2.24) is 5.32 Å². The van der Waals surface area contributed by atoms with Crippen molar-refractivity contribution in [3.8, 4) is 0 Å². The van der Waals surface area contributed by atoms with Crippen LogP contribution in [-0.2, 0) is 4.79 Å². The molecule has 0 aliphatic heterocycles. The predicted octanol–water partition coefficient (Wildman–Crippen LogP) is 4.84. The van der Waals surface area contributed by atoms with E-state index in [1.165, 1.54) is 12.8 Å². The van der Waals surface area contributed by atoms with Gasteiger partial charge in [0.15, 0.2) is 0 Å². The molecule has 0 bridgehead atoms. The Kier molecular flexibility index (Phi) is 5.12. The highest BCUT2D eigenvalue weighted by atomic mass is 16.2. The molecule has 0 radical (unpaired) electrons. The third-order valence-electron chi connectivity index (χ3n) is 4.97. The van der Waals surface area contributed by atoms with Crippen molar-refractivity contribution in [3.63, 3.8) is 0 Å². The van der Waals surface area contributed by atoms with Gasteiger partial charge in [-0.25, -0.2) is 0 Å². The van der Waals surface area contributed by atoms with Gasteiger partial charge in [-0.15, -0.1) is 0 Å². The smallest absolute Gasteiger partial charge is 0.228 e. The number of hydrogen-bond donors (Lipinski definition) is 1. The average Bonchev–Trinajstić information content (AvgIpc) is 3.11. The number of nitrogens with one attached hydrogen (secondary N) is 1. The van der Waals surface area contributed by atoms with Crippen LogP contribution in [0.2, 0.25) is 0 Å². The van der Waals surface area contributed by atoms with Crippen LogP contribution in [0.4, 0.5) is 0 Å². The van der Waals surface area contributed by atoms with Gasteiger partial charge in [-0.05, 0) is 36.8 Å².